The first kappa shape index (κ1) is 26.3. The van der Waals surface area contributed by atoms with Crippen LogP contribution in [0.25, 0.3) is 16.6 Å². The maximum Gasteiger partial charge on any atom is 0.264 e. The molecule has 6 rings (SSSR count). The van der Waals surface area contributed by atoms with Gasteiger partial charge in [0, 0.05) is 36.5 Å². The van der Waals surface area contributed by atoms with Crippen molar-refractivity contribution in [1.82, 2.24) is 29.1 Å². The van der Waals surface area contributed by atoms with Crippen LogP contribution in [0.2, 0.25) is 0 Å². The summed E-state index contributed by atoms with van der Waals surface area (Å²) in [4.78, 5) is 1.25. The quantitative estimate of drug-likeness (QED) is 0.326. The molecule has 1 fully saturated rings. The molecule has 0 saturated carbocycles. The van der Waals surface area contributed by atoms with Gasteiger partial charge in [0.2, 0.25) is 5.03 Å². The molecule has 3 aromatic carbocycles. The van der Waals surface area contributed by atoms with Crippen molar-refractivity contribution in [3.05, 3.63) is 101 Å². The van der Waals surface area contributed by atoms with Gasteiger partial charge in [-0.3, -0.25) is 0 Å². The summed E-state index contributed by atoms with van der Waals surface area (Å²) in [6.07, 6.45) is 4.35. The third-order valence-electron chi connectivity index (χ3n) is 7.82. The fraction of sp³-hybridized carbons (Fsp3) is 0.276. The van der Waals surface area contributed by atoms with Crippen LogP contribution in [0.4, 0.5) is 4.39 Å². The second-order valence-corrected chi connectivity index (χ2v) is 12.3. The Labute approximate surface area is 231 Å². The van der Waals surface area contributed by atoms with Crippen LogP contribution in [0.3, 0.4) is 0 Å². The molecular weight excluding hydrogens is 531 g/mol. The van der Waals surface area contributed by atoms with E-state index in [-0.39, 0.29) is 10.6 Å². The first-order valence-electron chi connectivity index (χ1n) is 13.0. The number of hydrogen-bond acceptors (Lipinski definition) is 6. The van der Waals surface area contributed by atoms with Crippen molar-refractivity contribution >= 4 is 20.9 Å². The molecule has 2 aromatic heterocycles. The highest BCUT2D eigenvalue weighted by Crippen LogP contribution is 2.42. The van der Waals surface area contributed by atoms with E-state index in [9.17, 15) is 17.9 Å². The SMILES string of the molecule is Cc1cc2c(cnn2-c2ccc(F)c(CO)c2)cc1C1(Cc2ccccc2)CCN(S(=O)(=O)c2cnn(C)n2)C1. The Bertz CT molecular complexity index is 1820. The van der Waals surface area contributed by atoms with E-state index in [1.165, 1.54) is 21.4 Å². The van der Waals surface area contributed by atoms with Crippen LogP contribution in [0.1, 0.15) is 28.7 Å². The average molecular weight is 561 g/mol. The first-order valence-corrected chi connectivity index (χ1v) is 14.4. The zero-order valence-electron chi connectivity index (χ0n) is 22.2. The minimum atomic E-state index is -3.82. The first-order chi connectivity index (χ1) is 19.2. The second-order valence-electron chi connectivity index (χ2n) is 10.4. The molecule has 0 amide bonds. The Morgan fingerprint density at radius 3 is 2.58 bits per heavy atom. The van der Waals surface area contributed by atoms with Crippen LogP contribution < -0.4 is 0 Å². The van der Waals surface area contributed by atoms with Crippen molar-refractivity contribution in [1.29, 1.82) is 0 Å². The number of aliphatic hydroxyl groups is 1. The molecular formula is C29H29FN6O3S. The molecule has 1 unspecified atom stereocenters. The molecule has 1 aliphatic heterocycles. The Morgan fingerprint density at radius 1 is 1.05 bits per heavy atom. The lowest BCUT2D eigenvalue weighted by atomic mass is 9.73. The number of hydrogen-bond donors (Lipinski definition) is 1. The number of rotatable bonds is 7. The standard InChI is InChI=1S/C29H29FN6O3S/c1-20-12-27-22(16-32-36(27)24-8-9-26(30)23(13-24)18-37)14-25(20)29(15-21-6-4-3-5-7-21)10-11-35(19-29)40(38,39)28-17-31-34(2)33-28/h3-9,12-14,16-17,37H,10-11,15,18-19H2,1-2H3. The van der Waals surface area contributed by atoms with Crippen LogP contribution in [-0.4, -0.2) is 55.7 Å². The van der Waals surface area contributed by atoms with Crippen molar-refractivity contribution in [2.45, 2.75) is 36.8 Å². The molecule has 3 heterocycles. The molecule has 1 N–H and O–H groups in total. The number of nitrogens with zero attached hydrogens (tertiary/aromatic N) is 6. The van der Waals surface area contributed by atoms with Gasteiger partial charge in [-0.25, -0.2) is 17.5 Å². The fourth-order valence-electron chi connectivity index (χ4n) is 5.83. The Balaban J connectivity index is 1.44. The highest BCUT2D eigenvalue weighted by molar-refractivity contribution is 7.89. The smallest absolute Gasteiger partial charge is 0.264 e. The molecule has 0 bridgehead atoms. The number of aliphatic hydroxyl groups excluding tert-OH is 1. The molecule has 1 saturated heterocycles. The number of halogens is 1. The highest BCUT2D eigenvalue weighted by atomic mass is 32.2. The monoisotopic (exact) mass is 560 g/mol. The third-order valence-corrected chi connectivity index (χ3v) is 9.52. The summed E-state index contributed by atoms with van der Waals surface area (Å²) in [6, 6.07) is 18.8. The minimum absolute atomic E-state index is 0.0551. The van der Waals surface area contributed by atoms with Gasteiger partial charge in [-0.2, -0.15) is 19.3 Å². The van der Waals surface area contributed by atoms with Crippen LogP contribution in [0, 0.1) is 12.7 Å². The molecule has 5 aromatic rings. The highest BCUT2D eigenvalue weighted by Gasteiger charge is 2.45. The largest absolute Gasteiger partial charge is 0.392 e. The van der Waals surface area contributed by atoms with Crippen molar-refractivity contribution < 1.29 is 17.9 Å². The fourth-order valence-corrected chi connectivity index (χ4v) is 7.25. The van der Waals surface area contributed by atoms with E-state index >= 15 is 0 Å². The Hall–Kier alpha value is -3.93. The van der Waals surface area contributed by atoms with Gasteiger partial charge in [0.25, 0.3) is 10.0 Å². The Kier molecular flexibility index (Phi) is 6.52. The lowest BCUT2D eigenvalue weighted by Gasteiger charge is -2.32. The molecule has 0 aliphatic carbocycles. The molecule has 0 spiro atoms. The maximum atomic E-state index is 14.0. The van der Waals surface area contributed by atoms with Gasteiger partial charge in [0.1, 0.15) is 5.82 Å². The van der Waals surface area contributed by atoms with E-state index in [4.69, 9.17) is 0 Å². The van der Waals surface area contributed by atoms with Crippen LogP contribution in [0.15, 0.2) is 78.1 Å². The van der Waals surface area contributed by atoms with Gasteiger partial charge in [-0.15, -0.1) is 5.10 Å². The van der Waals surface area contributed by atoms with Crippen LogP contribution in [0.5, 0.6) is 0 Å². The molecule has 206 valence electrons. The van der Waals surface area contributed by atoms with E-state index in [0.29, 0.717) is 31.6 Å². The van der Waals surface area contributed by atoms with Gasteiger partial charge in [-0.1, -0.05) is 30.3 Å². The maximum absolute atomic E-state index is 14.0. The van der Waals surface area contributed by atoms with E-state index in [1.54, 1.807) is 30.1 Å². The van der Waals surface area contributed by atoms with Crippen molar-refractivity contribution in [3.63, 3.8) is 0 Å². The number of benzene rings is 3. The summed E-state index contributed by atoms with van der Waals surface area (Å²) in [5, 5.41) is 23.0. The third kappa shape index (κ3) is 4.49. The van der Waals surface area contributed by atoms with E-state index in [0.717, 1.165) is 27.6 Å². The van der Waals surface area contributed by atoms with Gasteiger partial charge < -0.3 is 5.11 Å². The summed E-state index contributed by atoms with van der Waals surface area (Å²) >= 11 is 0. The predicted molar refractivity (Wildman–Crippen MR) is 148 cm³/mol. The Morgan fingerprint density at radius 2 is 1.85 bits per heavy atom. The van der Waals surface area contributed by atoms with E-state index in [1.807, 2.05) is 31.2 Å². The molecule has 40 heavy (non-hydrogen) atoms. The second kappa shape index (κ2) is 9.92. The van der Waals surface area contributed by atoms with Gasteiger partial charge in [0.15, 0.2) is 0 Å². The van der Waals surface area contributed by atoms with Crippen molar-refractivity contribution in [2.75, 3.05) is 13.1 Å². The molecule has 1 aliphatic rings. The summed E-state index contributed by atoms with van der Waals surface area (Å²) in [7, 11) is -2.22. The average Bonchev–Trinajstić information content (AvgIpc) is 3.68. The van der Waals surface area contributed by atoms with Crippen LogP contribution in [-0.2, 0) is 35.5 Å². The topological polar surface area (TPSA) is 106 Å². The lowest BCUT2D eigenvalue weighted by Crippen LogP contribution is -2.36. The normalized spacial score (nSPS) is 18.1. The summed E-state index contributed by atoms with van der Waals surface area (Å²) in [5.74, 6) is -0.466. The predicted octanol–water partition coefficient (Wildman–Crippen LogP) is 3.67. The number of fused-ring (bicyclic) bond motifs is 1. The van der Waals surface area contributed by atoms with Crippen molar-refractivity contribution in [3.8, 4) is 5.69 Å². The molecule has 0 radical (unpaired) electrons. The number of aromatic nitrogens is 5. The zero-order valence-corrected chi connectivity index (χ0v) is 23.0. The number of aryl methyl sites for hydroxylation is 2. The lowest BCUT2D eigenvalue weighted by molar-refractivity contribution is 0.275. The van der Waals surface area contributed by atoms with Gasteiger partial charge in [0.05, 0.1) is 30.2 Å². The number of sulfonamides is 1. The summed E-state index contributed by atoms with van der Waals surface area (Å²) < 4.78 is 44.3. The van der Waals surface area contributed by atoms with Crippen LogP contribution >= 0.6 is 0 Å². The zero-order chi connectivity index (χ0) is 28.1. The molecule has 11 heteroatoms. The van der Waals surface area contributed by atoms with Gasteiger partial charge in [-0.05, 0) is 66.8 Å². The minimum Gasteiger partial charge on any atom is -0.392 e. The molecule has 9 nitrogen and oxygen atoms in total. The van der Waals surface area contributed by atoms with Gasteiger partial charge >= 0.3 is 0 Å². The van der Waals surface area contributed by atoms with Crippen molar-refractivity contribution in [2.24, 2.45) is 7.05 Å². The summed E-state index contributed by atoms with van der Waals surface area (Å²) in [6.45, 7) is 2.29. The summed E-state index contributed by atoms with van der Waals surface area (Å²) in [5.41, 5.74) is 4.41. The van der Waals surface area contributed by atoms with E-state index in [2.05, 4.69) is 33.5 Å². The molecule has 1 atom stereocenters. The van der Waals surface area contributed by atoms with E-state index < -0.39 is 27.9 Å².